The summed E-state index contributed by atoms with van der Waals surface area (Å²) in [6.45, 7) is 0. The van der Waals surface area contributed by atoms with E-state index >= 15 is 0 Å². The summed E-state index contributed by atoms with van der Waals surface area (Å²) in [5, 5.41) is 11.9. The molecule has 0 fully saturated rings. The van der Waals surface area contributed by atoms with Crippen LogP contribution in [0.15, 0.2) is 229 Å². The molecule has 0 aliphatic heterocycles. The number of fused-ring (bicyclic) bond motifs is 9. The molecule has 0 atom stereocenters. The quantitative estimate of drug-likeness (QED) is 0.157. The highest BCUT2D eigenvalue weighted by atomic mass is 16.3. The van der Waals surface area contributed by atoms with Crippen molar-refractivity contribution in [2.45, 2.75) is 0 Å². The Morgan fingerprint density at radius 1 is 0.300 bits per heavy atom. The topological polar surface area (TPSA) is 16.4 Å². The maximum atomic E-state index is 6.57. The molecule has 0 aliphatic rings. The smallest absolute Gasteiger partial charge is 0.143 e. The highest BCUT2D eigenvalue weighted by molar-refractivity contribution is 6.22. The van der Waals surface area contributed by atoms with E-state index in [2.05, 4.69) is 229 Å². The second-order valence-electron chi connectivity index (χ2n) is 15.6. The lowest BCUT2D eigenvalue weighted by molar-refractivity contribution is 0.673. The number of benzene rings is 11. The third kappa shape index (κ3) is 5.50. The maximum absolute atomic E-state index is 6.57. The Morgan fingerprint density at radius 2 is 0.850 bits per heavy atom. The van der Waals surface area contributed by atoms with Gasteiger partial charge in [-0.15, -0.1) is 0 Å². The van der Waals surface area contributed by atoms with Crippen LogP contribution in [0.2, 0.25) is 0 Å². The molecular weight excluding hydrogens is 727 g/mol. The lowest BCUT2D eigenvalue weighted by Crippen LogP contribution is -2.10. The molecule has 0 aliphatic carbocycles. The van der Waals surface area contributed by atoms with Gasteiger partial charge in [-0.25, -0.2) is 0 Å². The third-order valence-electron chi connectivity index (χ3n) is 12.2. The zero-order chi connectivity index (χ0) is 39.6. The average Bonchev–Trinajstić information content (AvgIpc) is 3.72. The summed E-state index contributed by atoms with van der Waals surface area (Å²) in [6, 6.07) is 81.3. The van der Waals surface area contributed by atoms with E-state index in [1.54, 1.807) is 0 Å². The molecule has 1 heterocycles. The Kier molecular flexibility index (Phi) is 7.89. The molecule has 0 saturated heterocycles. The first-order valence-electron chi connectivity index (χ1n) is 20.6. The predicted octanol–water partition coefficient (Wildman–Crippen LogP) is 16.7. The molecule has 2 nitrogen and oxygen atoms in total. The van der Waals surface area contributed by atoms with Gasteiger partial charge in [-0.1, -0.05) is 176 Å². The number of furan rings is 1. The van der Waals surface area contributed by atoms with E-state index in [-0.39, 0.29) is 0 Å². The van der Waals surface area contributed by atoms with E-state index in [9.17, 15) is 0 Å². The van der Waals surface area contributed by atoms with Gasteiger partial charge in [-0.2, -0.15) is 0 Å². The highest BCUT2D eigenvalue weighted by Crippen LogP contribution is 2.47. The van der Waals surface area contributed by atoms with Crippen molar-refractivity contribution < 1.29 is 4.42 Å². The molecule has 0 bridgehead atoms. The molecule has 12 rings (SSSR count). The Balaban J connectivity index is 1.08. The van der Waals surface area contributed by atoms with Crippen molar-refractivity contribution in [3.8, 4) is 33.4 Å². The first kappa shape index (κ1) is 34.1. The third-order valence-corrected chi connectivity index (χ3v) is 12.2. The van der Waals surface area contributed by atoms with Gasteiger partial charge >= 0.3 is 0 Å². The van der Waals surface area contributed by atoms with Crippen molar-refractivity contribution in [3.63, 3.8) is 0 Å². The van der Waals surface area contributed by atoms with E-state index in [4.69, 9.17) is 4.42 Å². The van der Waals surface area contributed by atoms with Crippen LogP contribution in [0.1, 0.15) is 0 Å². The Labute approximate surface area is 347 Å². The first-order valence-corrected chi connectivity index (χ1v) is 20.6. The summed E-state index contributed by atoms with van der Waals surface area (Å²) in [6.07, 6.45) is 0. The van der Waals surface area contributed by atoms with Gasteiger partial charge in [0.25, 0.3) is 0 Å². The Morgan fingerprint density at radius 3 is 1.62 bits per heavy atom. The lowest BCUT2D eigenvalue weighted by atomic mass is 9.85. The number of rotatable bonds is 6. The first-order chi connectivity index (χ1) is 29.8. The van der Waals surface area contributed by atoms with E-state index in [0.29, 0.717) is 0 Å². The normalized spacial score (nSPS) is 11.7. The van der Waals surface area contributed by atoms with Crippen LogP contribution in [-0.4, -0.2) is 0 Å². The highest BCUT2D eigenvalue weighted by Gasteiger charge is 2.21. The van der Waals surface area contributed by atoms with Crippen LogP contribution in [0.5, 0.6) is 0 Å². The van der Waals surface area contributed by atoms with Crippen LogP contribution in [-0.2, 0) is 0 Å². The monoisotopic (exact) mass is 763 g/mol. The largest absolute Gasteiger partial charge is 0.455 e. The molecule has 0 unspecified atom stereocenters. The van der Waals surface area contributed by atoms with Crippen molar-refractivity contribution in [3.05, 3.63) is 224 Å². The van der Waals surface area contributed by atoms with Gasteiger partial charge < -0.3 is 9.32 Å². The minimum atomic E-state index is 0.897. The summed E-state index contributed by atoms with van der Waals surface area (Å²) in [7, 11) is 0. The van der Waals surface area contributed by atoms with Crippen LogP contribution < -0.4 is 4.90 Å². The molecule has 280 valence electrons. The van der Waals surface area contributed by atoms with Crippen molar-refractivity contribution in [1.82, 2.24) is 0 Å². The van der Waals surface area contributed by atoms with E-state index in [1.165, 1.54) is 60.0 Å². The average molecular weight is 764 g/mol. The van der Waals surface area contributed by atoms with Crippen molar-refractivity contribution in [2.24, 2.45) is 0 Å². The fraction of sp³-hybridized carbons (Fsp3) is 0. The SMILES string of the molecule is c1ccc(-c2c(-c3ccccc3)c3cc(N(c4ccc(-c5cccc6oc7c8ccccc8ccc7c56)cc4)c4ccc5ccccc5c4)ccc3c3ccccc23)cc1. The molecule has 0 N–H and O–H groups in total. The van der Waals surface area contributed by atoms with E-state index in [0.717, 1.165) is 55.5 Å². The molecule has 60 heavy (non-hydrogen) atoms. The van der Waals surface area contributed by atoms with Gasteiger partial charge in [0.2, 0.25) is 0 Å². The van der Waals surface area contributed by atoms with Gasteiger partial charge in [0.1, 0.15) is 11.2 Å². The van der Waals surface area contributed by atoms with Gasteiger partial charge in [-0.05, 0) is 120 Å². The minimum absolute atomic E-state index is 0.897. The molecule has 2 heteroatoms. The fourth-order valence-corrected chi connectivity index (χ4v) is 9.48. The van der Waals surface area contributed by atoms with Crippen LogP contribution in [0, 0.1) is 0 Å². The number of hydrogen-bond acceptors (Lipinski definition) is 2. The summed E-state index contributed by atoms with van der Waals surface area (Å²) < 4.78 is 6.57. The van der Waals surface area contributed by atoms with Crippen LogP contribution >= 0.6 is 0 Å². The summed E-state index contributed by atoms with van der Waals surface area (Å²) in [5.41, 5.74) is 12.3. The second kappa shape index (κ2) is 13.9. The predicted molar refractivity (Wildman–Crippen MR) is 255 cm³/mol. The number of anilines is 3. The van der Waals surface area contributed by atoms with Crippen LogP contribution in [0.4, 0.5) is 17.1 Å². The molecular formula is C58H37NO. The van der Waals surface area contributed by atoms with Crippen LogP contribution in [0.3, 0.4) is 0 Å². The fourth-order valence-electron chi connectivity index (χ4n) is 9.48. The molecule has 1 aromatic heterocycles. The summed E-state index contributed by atoms with van der Waals surface area (Å²) in [4.78, 5) is 2.40. The van der Waals surface area contributed by atoms with Crippen molar-refractivity contribution in [2.75, 3.05) is 4.90 Å². The molecule has 0 radical (unpaired) electrons. The Hall–Kier alpha value is -7.94. The molecule has 0 amide bonds. The summed E-state index contributed by atoms with van der Waals surface area (Å²) in [5.74, 6) is 0. The van der Waals surface area contributed by atoms with E-state index in [1.807, 2.05) is 0 Å². The van der Waals surface area contributed by atoms with Gasteiger partial charge in [-0.3, -0.25) is 0 Å². The van der Waals surface area contributed by atoms with Gasteiger partial charge in [0.15, 0.2) is 0 Å². The molecule has 12 aromatic rings. The molecule has 0 spiro atoms. The maximum Gasteiger partial charge on any atom is 0.143 e. The Bertz CT molecular complexity index is 3590. The van der Waals surface area contributed by atoms with Crippen LogP contribution in [0.25, 0.3) is 98.4 Å². The van der Waals surface area contributed by atoms with Crippen molar-refractivity contribution in [1.29, 1.82) is 0 Å². The number of nitrogens with zero attached hydrogens (tertiary/aromatic N) is 1. The summed E-state index contributed by atoms with van der Waals surface area (Å²) >= 11 is 0. The zero-order valence-corrected chi connectivity index (χ0v) is 32.7. The van der Waals surface area contributed by atoms with E-state index < -0.39 is 0 Å². The standard InChI is InChI=1S/C58H37NO/c1-3-16-41(17-4-1)55-51-23-12-11-22-49(51)50-35-33-46(37-53(50)56(55)42-18-5-2-6-19-42)59(45-32-26-38-14-7-8-20-43(38)36-45)44-30-27-40(28-31-44)47-24-13-25-54-57(47)52-34-29-39-15-9-10-21-48(39)58(52)60-54/h1-37H. The van der Waals surface area contributed by atoms with Gasteiger partial charge in [0, 0.05) is 33.2 Å². The molecule has 0 saturated carbocycles. The number of hydrogen-bond donors (Lipinski definition) is 0. The second-order valence-corrected chi connectivity index (χ2v) is 15.6. The zero-order valence-electron chi connectivity index (χ0n) is 32.7. The minimum Gasteiger partial charge on any atom is -0.455 e. The lowest BCUT2D eigenvalue weighted by Gasteiger charge is -2.27. The van der Waals surface area contributed by atoms with Crippen molar-refractivity contribution >= 4 is 82.1 Å². The molecule has 11 aromatic carbocycles. The van der Waals surface area contributed by atoms with Gasteiger partial charge in [0.05, 0.1) is 0 Å².